The molecule has 108 valence electrons. The average molecular weight is 308 g/mol. The molecule has 1 aliphatic heterocycles. The Morgan fingerprint density at radius 3 is 2.74 bits per heavy atom. The Kier molecular flexibility index (Phi) is 8.47. The Balaban J connectivity index is 0.00000162. The number of carbonyl (C=O) groups is 1. The van der Waals surface area contributed by atoms with Gasteiger partial charge < -0.3 is 15.6 Å². The summed E-state index contributed by atoms with van der Waals surface area (Å²) in [6.45, 7) is 1.47. The van der Waals surface area contributed by atoms with Crippen LogP contribution < -0.4 is 16.2 Å². The third kappa shape index (κ3) is 6.09. The van der Waals surface area contributed by atoms with Crippen molar-refractivity contribution in [3.8, 4) is 0 Å². The normalized spacial score (nSPS) is 17.2. The van der Waals surface area contributed by atoms with Crippen LogP contribution in [0.1, 0.15) is 24.8 Å². The fourth-order valence-corrected chi connectivity index (χ4v) is 1.98. The van der Waals surface area contributed by atoms with Gasteiger partial charge in [-0.2, -0.15) is 0 Å². The smallest absolute Gasteiger partial charge is 0.247 e. The molecule has 7 heteroatoms. The van der Waals surface area contributed by atoms with E-state index in [1.54, 1.807) is 12.3 Å². The summed E-state index contributed by atoms with van der Waals surface area (Å²) in [7, 11) is 0. The summed E-state index contributed by atoms with van der Waals surface area (Å²) < 4.78 is 0. The summed E-state index contributed by atoms with van der Waals surface area (Å²) in [5.41, 5.74) is 0.771. The van der Waals surface area contributed by atoms with Crippen LogP contribution >= 0.6 is 24.8 Å². The molecule has 0 spiro atoms. The number of rotatable bonds is 4. The van der Waals surface area contributed by atoms with Gasteiger partial charge in [-0.1, -0.05) is 6.07 Å². The lowest BCUT2D eigenvalue weighted by molar-refractivity contribution is -0.121. The van der Waals surface area contributed by atoms with E-state index in [-0.39, 0.29) is 36.3 Å². The molecule has 3 N–H and O–H groups in total. The van der Waals surface area contributed by atoms with Crippen molar-refractivity contribution in [1.82, 2.24) is 15.6 Å². The van der Waals surface area contributed by atoms with E-state index >= 15 is 0 Å². The maximum Gasteiger partial charge on any atom is 0.247 e. The minimum absolute atomic E-state index is 0. The van der Waals surface area contributed by atoms with Crippen molar-refractivity contribution < 1.29 is 4.79 Å². The van der Waals surface area contributed by atoms with Crippen LogP contribution in [0.3, 0.4) is 0 Å². The van der Waals surface area contributed by atoms with Gasteiger partial charge in [0.1, 0.15) is 0 Å². The van der Waals surface area contributed by atoms with Crippen LogP contribution in [0.25, 0.3) is 0 Å². The number of carbonyl (C=O) groups excluding carboxylic acids is 1. The van der Waals surface area contributed by atoms with E-state index in [9.17, 15) is 9.59 Å². The monoisotopic (exact) mass is 307 g/mol. The van der Waals surface area contributed by atoms with E-state index in [2.05, 4.69) is 15.6 Å². The van der Waals surface area contributed by atoms with Gasteiger partial charge in [0.15, 0.2) is 0 Å². The minimum atomic E-state index is -0.129. The summed E-state index contributed by atoms with van der Waals surface area (Å²) in [6, 6.07) is 3.50. The summed E-state index contributed by atoms with van der Waals surface area (Å²) in [6.07, 6.45) is 4.38. The molecule has 19 heavy (non-hydrogen) atoms. The fourth-order valence-electron chi connectivity index (χ4n) is 1.98. The molecule has 2 rings (SSSR count). The van der Waals surface area contributed by atoms with Gasteiger partial charge in [0.2, 0.25) is 11.5 Å². The molecule has 0 aromatic carbocycles. The molecule has 1 aliphatic rings. The number of nitrogens with one attached hydrogen (secondary N) is 3. The molecule has 1 aromatic rings. The summed E-state index contributed by atoms with van der Waals surface area (Å²) in [5, 5.41) is 6.13. The predicted octanol–water partition coefficient (Wildman–Crippen LogP) is 0.977. The molecule has 1 fully saturated rings. The lowest BCUT2D eigenvalue weighted by atomic mass is 10.1. The first kappa shape index (κ1) is 18.0. The van der Waals surface area contributed by atoms with E-state index in [0.717, 1.165) is 24.9 Å². The second kappa shape index (κ2) is 8.96. The van der Waals surface area contributed by atoms with Crippen molar-refractivity contribution in [3.05, 3.63) is 34.2 Å². The number of H-pyrrole nitrogens is 1. The highest BCUT2D eigenvalue weighted by atomic mass is 35.5. The number of aromatic amines is 1. The first-order valence-electron chi connectivity index (χ1n) is 5.92. The summed E-state index contributed by atoms with van der Waals surface area (Å²) >= 11 is 0. The van der Waals surface area contributed by atoms with Crippen LogP contribution in [0, 0.1) is 0 Å². The van der Waals surface area contributed by atoms with Crippen LogP contribution in [0.2, 0.25) is 0 Å². The zero-order chi connectivity index (χ0) is 12.1. The number of halogens is 2. The van der Waals surface area contributed by atoms with Crippen molar-refractivity contribution in [2.45, 2.75) is 31.8 Å². The quantitative estimate of drug-likeness (QED) is 0.776. The minimum Gasteiger partial charge on any atom is -0.352 e. The van der Waals surface area contributed by atoms with Crippen molar-refractivity contribution in [2.24, 2.45) is 0 Å². The second-order valence-electron chi connectivity index (χ2n) is 4.34. The van der Waals surface area contributed by atoms with Gasteiger partial charge in [0.25, 0.3) is 0 Å². The number of pyridine rings is 1. The highest BCUT2D eigenvalue weighted by molar-refractivity contribution is 5.85. The molecule has 0 bridgehead atoms. The molecule has 0 radical (unpaired) electrons. The van der Waals surface area contributed by atoms with Crippen LogP contribution in [0.5, 0.6) is 0 Å². The number of hydrogen-bond acceptors (Lipinski definition) is 3. The van der Waals surface area contributed by atoms with Crippen LogP contribution in [-0.4, -0.2) is 23.5 Å². The first-order chi connectivity index (χ1) is 8.24. The number of amides is 1. The fraction of sp³-hybridized carbons (Fsp3) is 0.500. The van der Waals surface area contributed by atoms with Crippen molar-refractivity contribution in [2.75, 3.05) is 6.54 Å². The Morgan fingerprint density at radius 2 is 2.16 bits per heavy atom. The average Bonchev–Trinajstić information content (AvgIpc) is 2.81. The Hall–Kier alpha value is -1.04. The van der Waals surface area contributed by atoms with E-state index < -0.39 is 0 Å². The highest BCUT2D eigenvalue weighted by Crippen LogP contribution is 2.08. The maximum atomic E-state index is 11.6. The number of hydrogen-bond donors (Lipinski definition) is 3. The Labute approximate surface area is 124 Å². The second-order valence-corrected chi connectivity index (χ2v) is 4.34. The van der Waals surface area contributed by atoms with Crippen molar-refractivity contribution in [1.29, 1.82) is 0 Å². The molecule has 1 saturated heterocycles. The van der Waals surface area contributed by atoms with Crippen LogP contribution in [0.4, 0.5) is 0 Å². The van der Waals surface area contributed by atoms with Gasteiger partial charge in [0, 0.05) is 31.3 Å². The molecule has 2 heterocycles. The third-order valence-electron chi connectivity index (χ3n) is 2.93. The van der Waals surface area contributed by atoms with E-state index in [1.165, 1.54) is 6.07 Å². The Morgan fingerprint density at radius 1 is 1.37 bits per heavy atom. The molecular formula is C12H19Cl2N3O2. The molecule has 5 nitrogen and oxygen atoms in total. The Bertz CT molecular complexity index is 424. The zero-order valence-corrected chi connectivity index (χ0v) is 12.1. The van der Waals surface area contributed by atoms with Gasteiger partial charge in [-0.3, -0.25) is 9.59 Å². The van der Waals surface area contributed by atoms with Crippen molar-refractivity contribution >= 4 is 30.7 Å². The van der Waals surface area contributed by atoms with Crippen molar-refractivity contribution in [3.63, 3.8) is 0 Å². The SMILES string of the molecule is Cl.Cl.O=C(CC1CCCN1)NCc1ccc(=O)[nH]c1. The molecule has 1 atom stereocenters. The molecule has 1 amide bonds. The standard InChI is InChI=1S/C12H17N3O2.2ClH/c16-11-4-3-9(7-14-11)8-15-12(17)6-10-2-1-5-13-10;;/h3-4,7,10,13H,1-2,5-6,8H2,(H,14,16)(H,15,17);2*1H. The van der Waals surface area contributed by atoms with Crippen LogP contribution in [-0.2, 0) is 11.3 Å². The van der Waals surface area contributed by atoms with E-state index in [0.29, 0.717) is 19.0 Å². The summed E-state index contributed by atoms with van der Waals surface area (Å²) in [4.78, 5) is 25.0. The molecule has 1 unspecified atom stereocenters. The topological polar surface area (TPSA) is 74.0 Å². The first-order valence-corrected chi connectivity index (χ1v) is 5.92. The predicted molar refractivity (Wildman–Crippen MR) is 79.0 cm³/mol. The molecular weight excluding hydrogens is 289 g/mol. The van der Waals surface area contributed by atoms with Crippen LogP contribution in [0.15, 0.2) is 23.1 Å². The van der Waals surface area contributed by atoms with Gasteiger partial charge in [0.05, 0.1) is 0 Å². The lowest BCUT2D eigenvalue weighted by Crippen LogP contribution is -2.31. The lowest BCUT2D eigenvalue weighted by Gasteiger charge is -2.10. The van der Waals surface area contributed by atoms with E-state index in [1.807, 2.05) is 0 Å². The molecule has 0 saturated carbocycles. The highest BCUT2D eigenvalue weighted by Gasteiger charge is 2.17. The zero-order valence-electron chi connectivity index (χ0n) is 10.5. The molecule has 1 aromatic heterocycles. The van der Waals surface area contributed by atoms with Gasteiger partial charge >= 0.3 is 0 Å². The number of aromatic nitrogens is 1. The van der Waals surface area contributed by atoms with Gasteiger partial charge in [-0.25, -0.2) is 0 Å². The van der Waals surface area contributed by atoms with E-state index in [4.69, 9.17) is 0 Å². The molecule has 0 aliphatic carbocycles. The van der Waals surface area contributed by atoms with Gasteiger partial charge in [-0.15, -0.1) is 24.8 Å². The largest absolute Gasteiger partial charge is 0.352 e. The third-order valence-corrected chi connectivity index (χ3v) is 2.93. The van der Waals surface area contributed by atoms with Gasteiger partial charge in [-0.05, 0) is 24.9 Å². The summed E-state index contributed by atoms with van der Waals surface area (Å²) in [5.74, 6) is 0.0515. The maximum absolute atomic E-state index is 11.6.